The van der Waals surface area contributed by atoms with Gasteiger partial charge in [-0.1, -0.05) is 0 Å². The minimum Gasteiger partial charge on any atom is -0.314 e. The van der Waals surface area contributed by atoms with Crippen LogP contribution in [0.1, 0.15) is 25.0 Å². The second kappa shape index (κ2) is 4.13. The van der Waals surface area contributed by atoms with Crippen molar-refractivity contribution in [1.29, 1.82) is 0 Å². The molecule has 0 N–H and O–H groups in total. The van der Waals surface area contributed by atoms with Gasteiger partial charge in [0.1, 0.15) is 0 Å². The maximum absolute atomic E-state index is 12.3. The van der Waals surface area contributed by atoms with Crippen LogP contribution in [0.4, 0.5) is 5.69 Å². The molecule has 0 aliphatic carbocycles. The van der Waals surface area contributed by atoms with Crippen molar-refractivity contribution in [3.05, 3.63) is 41.9 Å². The van der Waals surface area contributed by atoms with Crippen LogP contribution in [-0.4, -0.2) is 22.9 Å². The lowest BCUT2D eigenvalue weighted by molar-refractivity contribution is -0.121. The fourth-order valence-electron chi connectivity index (χ4n) is 2.76. The van der Waals surface area contributed by atoms with E-state index in [0.29, 0.717) is 0 Å². The number of pyridine rings is 2. The third-order valence-electron chi connectivity index (χ3n) is 4.05. The standard InChI is InChI=1S/C16H17N3O/c1-10-8-17-6-5-11(10)13-7-14-12(9-18-13)16(2,3)15(20)19(14)4/h5-9H,1-4H3. The molecule has 1 aliphatic rings. The maximum Gasteiger partial charge on any atom is 0.236 e. The molecule has 4 nitrogen and oxygen atoms in total. The first-order valence-electron chi connectivity index (χ1n) is 6.62. The Morgan fingerprint density at radius 1 is 1.25 bits per heavy atom. The number of fused-ring (bicyclic) bond motifs is 1. The van der Waals surface area contributed by atoms with Crippen molar-refractivity contribution < 1.29 is 4.79 Å². The largest absolute Gasteiger partial charge is 0.314 e. The monoisotopic (exact) mass is 267 g/mol. The van der Waals surface area contributed by atoms with E-state index >= 15 is 0 Å². The Kier molecular flexibility index (Phi) is 2.64. The molecule has 1 amide bonds. The van der Waals surface area contributed by atoms with E-state index in [1.165, 1.54) is 0 Å². The highest BCUT2D eigenvalue weighted by Gasteiger charge is 2.42. The summed E-state index contributed by atoms with van der Waals surface area (Å²) in [5.41, 5.74) is 4.44. The molecule has 0 unspecified atom stereocenters. The molecule has 0 saturated carbocycles. The molecule has 2 aromatic heterocycles. The van der Waals surface area contributed by atoms with E-state index in [4.69, 9.17) is 0 Å². The summed E-state index contributed by atoms with van der Waals surface area (Å²) in [6.45, 7) is 5.89. The number of aryl methyl sites for hydroxylation is 1. The summed E-state index contributed by atoms with van der Waals surface area (Å²) in [5.74, 6) is 0.109. The molecule has 3 rings (SSSR count). The van der Waals surface area contributed by atoms with Gasteiger partial charge in [-0.15, -0.1) is 0 Å². The Morgan fingerprint density at radius 3 is 2.70 bits per heavy atom. The molecule has 4 heteroatoms. The van der Waals surface area contributed by atoms with Crippen LogP contribution >= 0.6 is 0 Å². The molecule has 3 heterocycles. The molecular weight excluding hydrogens is 250 g/mol. The predicted molar refractivity (Wildman–Crippen MR) is 78.6 cm³/mol. The lowest BCUT2D eigenvalue weighted by Gasteiger charge is -2.15. The van der Waals surface area contributed by atoms with E-state index in [0.717, 1.165) is 28.1 Å². The van der Waals surface area contributed by atoms with Gasteiger partial charge in [-0.05, 0) is 38.5 Å². The van der Waals surface area contributed by atoms with Crippen molar-refractivity contribution in [3.63, 3.8) is 0 Å². The Bertz CT molecular complexity index is 707. The first kappa shape index (κ1) is 12.8. The molecule has 1 aliphatic heterocycles. The number of likely N-dealkylation sites (N-methyl/N-ethyl adjacent to an activating group) is 1. The van der Waals surface area contributed by atoms with Crippen molar-refractivity contribution in [2.24, 2.45) is 0 Å². The van der Waals surface area contributed by atoms with E-state index in [-0.39, 0.29) is 5.91 Å². The highest BCUT2D eigenvalue weighted by atomic mass is 16.2. The van der Waals surface area contributed by atoms with Crippen LogP contribution in [0, 0.1) is 6.92 Å². The van der Waals surface area contributed by atoms with Crippen LogP contribution in [0.2, 0.25) is 0 Å². The van der Waals surface area contributed by atoms with Crippen molar-refractivity contribution >= 4 is 11.6 Å². The zero-order chi connectivity index (χ0) is 14.5. The normalized spacial score (nSPS) is 16.4. The molecule has 102 valence electrons. The molecule has 0 aromatic carbocycles. The third kappa shape index (κ3) is 1.64. The van der Waals surface area contributed by atoms with Gasteiger partial charge >= 0.3 is 0 Å². The number of anilines is 1. The van der Waals surface area contributed by atoms with E-state index in [1.807, 2.05) is 52.3 Å². The molecule has 0 bridgehead atoms. The molecule has 0 atom stereocenters. The Labute approximate surface area is 118 Å². The fourth-order valence-corrected chi connectivity index (χ4v) is 2.76. The van der Waals surface area contributed by atoms with Crippen LogP contribution in [0.15, 0.2) is 30.7 Å². The predicted octanol–water partition coefficient (Wildman–Crippen LogP) is 2.71. The zero-order valence-corrected chi connectivity index (χ0v) is 12.1. The van der Waals surface area contributed by atoms with Crippen molar-refractivity contribution in [1.82, 2.24) is 9.97 Å². The van der Waals surface area contributed by atoms with Gasteiger partial charge in [-0.3, -0.25) is 14.8 Å². The lowest BCUT2D eigenvalue weighted by atomic mass is 9.87. The van der Waals surface area contributed by atoms with E-state index in [1.54, 1.807) is 11.1 Å². The molecule has 0 fully saturated rings. The van der Waals surface area contributed by atoms with Crippen LogP contribution < -0.4 is 4.90 Å². The van der Waals surface area contributed by atoms with Crippen molar-refractivity contribution in [3.8, 4) is 11.3 Å². The topological polar surface area (TPSA) is 46.1 Å². The highest BCUT2D eigenvalue weighted by molar-refractivity contribution is 6.07. The van der Waals surface area contributed by atoms with Gasteiger partial charge in [0.25, 0.3) is 0 Å². The van der Waals surface area contributed by atoms with Crippen LogP contribution in [0.5, 0.6) is 0 Å². The number of nitrogens with zero attached hydrogens (tertiary/aromatic N) is 3. The van der Waals surface area contributed by atoms with Crippen molar-refractivity contribution in [2.45, 2.75) is 26.2 Å². The van der Waals surface area contributed by atoms with Gasteiger partial charge in [0.15, 0.2) is 0 Å². The molecule has 2 aromatic rings. The summed E-state index contributed by atoms with van der Waals surface area (Å²) in [7, 11) is 1.82. The van der Waals surface area contributed by atoms with Gasteiger partial charge in [0.2, 0.25) is 5.91 Å². The summed E-state index contributed by atoms with van der Waals surface area (Å²) < 4.78 is 0. The van der Waals surface area contributed by atoms with E-state index in [2.05, 4.69) is 9.97 Å². The lowest BCUT2D eigenvalue weighted by Crippen LogP contribution is -2.33. The molecular formula is C16H17N3O. The van der Waals surface area contributed by atoms with Gasteiger partial charge in [0, 0.05) is 36.8 Å². The Morgan fingerprint density at radius 2 is 2.00 bits per heavy atom. The fraction of sp³-hybridized carbons (Fsp3) is 0.312. The second-order valence-electron chi connectivity index (χ2n) is 5.77. The minimum absolute atomic E-state index is 0.109. The summed E-state index contributed by atoms with van der Waals surface area (Å²) >= 11 is 0. The number of hydrogen-bond acceptors (Lipinski definition) is 3. The minimum atomic E-state index is -0.497. The molecule has 20 heavy (non-hydrogen) atoms. The average molecular weight is 267 g/mol. The van der Waals surface area contributed by atoms with Gasteiger partial charge in [-0.25, -0.2) is 0 Å². The Hall–Kier alpha value is -2.23. The van der Waals surface area contributed by atoms with Gasteiger partial charge in [-0.2, -0.15) is 0 Å². The van der Waals surface area contributed by atoms with Crippen LogP contribution in [0.25, 0.3) is 11.3 Å². The highest BCUT2D eigenvalue weighted by Crippen LogP contribution is 2.41. The molecule has 0 spiro atoms. The van der Waals surface area contributed by atoms with Crippen molar-refractivity contribution in [2.75, 3.05) is 11.9 Å². The van der Waals surface area contributed by atoms with Crippen LogP contribution in [-0.2, 0) is 10.2 Å². The quantitative estimate of drug-likeness (QED) is 0.798. The number of hydrogen-bond donors (Lipinski definition) is 0. The molecule has 0 saturated heterocycles. The van der Waals surface area contributed by atoms with E-state index in [9.17, 15) is 4.79 Å². The number of carbonyl (C=O) groups excluding carboxylic acids is 1. The molecule has 0 radical (unpaired) electrons. The number of amides is 1. The number of carbonyl (C=O) groups is 1. The maximum atomic E-state index is 12.3. The van der Waals surface area contributed by atoms with Crippen LogP contribution in [0.3, 0.4) is 0 Å². The smallest absolute Gasteiger partial charge is 0.236 e. The summed E-state index contributed by atoms with van der Waals surface area (Å²) in [6.07, 6.45) is 5.41. The van der Waals surface area contributed by atoms with Gasteiger partial charge < -0.3 is 4.90 Å². The van der Waals surface area contributed by atoms with Gasteiger partial charge in [0.05, 0.1) is 16.8 Å². The summed E-state index contributed by atoms with van der Waals surface area (Å²) in [4.78, 5) is 22.6. The SMILES string of the molecule is Cc1cnccc1-c1cc2c(cn1)C(C)(C)C(=O)N2C. The first-order chi connectivity index (χ1) is 9.43. The Balaban J connectivity index is 2.17. The number of rotatable bonds is 1. The zero-order valence-electron chi connectivity index (χ0n) is 12.1. The third-order valence-corrected chi connectivity index (χ3v) is 4.05. The number of aromatic nitrogens is 2. The second-order valence-corrected chi connectivity index (χ2v) is 5.77. The summed E-state index contributed by atoms with van der Waals surface area (Å²) in [6, 6.07) is 3.94. The average Bonchev–Trinajstić information content (AvgIpc) is 2.61. The van der Waals surface area contributed by atoms with E-state index < -0.39 is 5.41 Å². The summed E-state index contributed by atoms with van der Waals surface area (Å²) in [5, 5.41) is 0. The first-order valence-corrected chi connectivity index (χ1v) is 6.62.